The van der Waals surface area contributed by atoms with Gasteiger partial charge in [0.05, 0.1) is 11.4 Å². The molecule has 5 rings (SSSR count). The molecule has 0 bridgehead atoms. The minimum Gasteiger partial charge on any atom is -0.451 e. The number of carbonyl (C=O) groups is 1. The standard InChI is InChI=1S/C29H32N4O2S/c1-21-24-20-23(12-13-27(24)35-28(21)29(30)34)36-33(15-14-22-8-4-3-5-9-22)26-11-7-6-10-25(26)32-18-16-31(2)17-19-32/h3-13,20H,14-19H2,1-2H3,(H2,30,34). The van der Waals surface area contributed by atoms with Crippen molar-refractivity contribution < 1.29 is 9.21 Å². The molecule has 2 heterocycles. The van der Waals surface area contributed by atoms with Crippen LogP contribution < -0.4 is 14.9 Å². The van der Waals surface area contributed by atoms with Crippen molar-refractivity contribution >= 4 is 40.2 Å². The highest BCUT2D eigenvalue weighted by atomic mass is 32.2. The number of amides is 1. The first-order valence-corrected chi connectivity index (χ1v) is 13.1. The van der Waals surface area contributed by atoms with Crippen molar-refractivity contribution in [1.82, 2.24) is 4.90 Å². The minimum absolute atomic E-state index is 0.230. The van der Waals surface area contributed by atoms with E-state index in [2.05, 4.69) is 87.9 Å². The molecular weight excluding hydrogens is 468 g/mol. The molecule has 1 aliphatic heterocycles. The fourth-order valence-corrected chi connectivity index (χ4v) is 5.69. The molecule has 36 heavy (non-hydrogen) atoms. The molecule has 1 aromatic heterocycles. The largest absolute Gasteiger partial charge is 0.451 e. The highest BCUT2D eigenvalue weighted by Crippen LogP contribution is 2.38. The number of fused-ring (bicyclic) bond motifs is 1. The summed E-state index contributed by atoms with van der Waals surface area (Å²) in [7, 11) is 2.18. The number of piperazine rings is 1. The van der Waals surface area contributed by atoms with E-state index in [0.29, 0.717) is 5.58 Å². The van der Waals surface area contributed by atoms with Gasteiger partial charge in [-0.25, -0.2) is 0 Å². The minimum atomic E-state index is -0.538. The van der Waals surface area contributed by atoms with Gasteiger partial charge >= 0.3 is 0 Å². The van der Waals surface area contributed by atoms with Crippen molar-refractivity contribution in [3.63, 3.8) is 0 Å². The summed E-state index contributed by atoms with van der Waals surface area (Å²) in [5.74, 6) is -0.308. The van der Waals surface area contributed by atoms with Gasteiger partial charge in [-0.1, -0.05) is 42.5 Å². The summed E-state index contributed by atoms with van der Waals surface area (Å²) in [6, 6.07) is 25.4. The molecule has 3 aromatic carbocycles. The van der Waals surface area contributed by atoms with Gasteiger partial charge in [-0.2, -0.15) is 0 Å². The van der Waals surface area contributed by atoms with Gasteiger partial charge in [-0.05, 0) is 68.2 Å². The number of aryl methyl sites for hydroxylation is 1. The maximum absolute atomic E-state index is 11.8. The fraction of sp³-hybridized carbons (Fsp3) is 0.276. The lowest BCUT2D eigenvalue weighted by Gasteiger charge is -2.37. The SMILES string of the molecule is Cc1c(C(N)=O)oc2ccc(SN(CCc3ccccc3)c3ccccc3N3CCN(C)CC3)cc12. The predicted molar refractivity (Wildman–Crippen MR) is 149 cm³/mol. The molecule has 1 amide bonds. The number of rotatable bonds is 8. The number of furan rings is 1. The van der Waals surface area contributed by atoms with Crippen LogP contribution in [0.1, 0.15) is 21.7 Å². The Hall–Kier alpha value is -3.42. The van der Waals surface area contributed by atoms with Gasteiger partial charge in [0.15, 0.2) is 5.76 Å². The lowest BCUT2D eigenvalue weighted by molar-refractivity contribution is 0.0975. The van der Waals surface area contributed by atoms with E-state index in [0.717, 1.165) is 55.0 Å². The first-order chi connectivity index (χ1) is 17.5. The summed E-state index contributed by atoms with van der Waals surface area (Å²) in [6.07, 6.45) is 0.934. The van der Waals surface area contributed by atoms with E-state index in [4.69, 9.17) is 10.2 Å². The zero-order valence-corrected chi connectivity index (χ0v) is 21.6. The molecule has 1 fully saturated rings. The van der Waals surface area contributed by atoms with Crippen LogP contribution in [-0.2, 0) is 6.42 Å². The zero-order chi connectivity index (χ0) is 25.1. The van der Waals surface area contributed by atoms with Crippen molar-refractivity contribution in [2.75, 3.05) is 49.0 Å². The van der Waals surface area contributed by atoms with E-state index in [-0.39, 0.29) is 5.76 Å². The third-order valence-electron chi connectivity index (χ3n) is 6.79. The van der Waals surface area contributed by atoms with Gasteiger partial charge < -0.3 is 24.3 Å². The average molecular weight is 501 g/mol. The number of para-hydroxylation sites is 2. The molecule has 4 aromatic rings. The maximum Gasteiger partial charge on any atom is 0.284 e. The van der Waals surface area contributed by atoms with Crippen LogP contribution in [0.4, 0.5) is 11.4 Å². The molecule has 6 nitrogen and oxygen atoms in total. The number of nitrogens with zero attached hydrogens (tertiary/aromatic N) is 3. The van der Waals surface area contributed by atoms with Crippen LogP contribution in [0.5, 0.6) is 0 Å². The third kappa shape index (κ3) is 5.22. The van der Waals surface area contributed by atoms with Crippen molar-refractivity contribution in [1.29, 1.82) is 0 Å². The van der Waals surface area contributed by atoms with Crippen molar-refractivity contribution in [3.05, 3.63) is 89.7 Å². The summed E-state index contributed by atoms with van der Waals surface area (Å²) >= 11 is 1.72. The molecule has 186 valence electrons. The summed E-state index contributed by atoms with van der Waals surface area (Å²) in [4.78, 5) is 17.7. The Morgan fingerprint density at radius 2 is 1.72 bits per heavy atom. The molecule has 2 N–H and O–H groups in total. The number of nitrogens with two attached hydrogens (primary N) is 1. The smallest absolute Gasteiger partial charge is 0.284 e. The predicted octanol–water partition coefficient (Wildman–Crippen LogP) is 5.35. The van der Waals surface area contributed by atoms with Crippen molar-refractivity contribution in [3.8, 4) is 0 Å². The van der Waals surface area contributed by atoms with Gasteiger partial charge in [0.25, 0.3) is 5.91 Å². The molecule has 1 aliphatic rings. The quantitative estimate of drug-likeness (QED) is 0.329. The molecule has 0 radical (unpaired) electrons. The van der Waals surface area contributed by atoms with Crippen LogP contribution >= 0.6 is 11.9 Å². The lowest BCUT2D eigenvalue weighted by atomic mass is 10.1. The van der Waals surface area contributed by atoms with Gasteiger partial charge in [-0.15, -0.1) is 0 Å². The van der Waals surface area contributed by atoms with E-state index in [1.165, 1.54) is 16.9 Å². The summed E-state index contributed by atoms with van der Waals surface area (Å²) in [5.41, 5.74) is 10.8. The summed E-state index contributed by atoms with van der Waals surface area (Å²) in [6.45, 7) is 6.89. The zero-order valence-electron chi connectivity index (χ0n) is 20.8. The Bertz CT molecular complexity index is 1350. The molecule has 0 atom stereocenters. The number of hydrogen-bond donors (Lipinski definition) is 1. The number of benzene rings is 3. The van der Waals surface area contributed by atoms with E-state index in [1.54, 1.807) is 11.9 Å². The fourth-order valence-electron chi connectivity index (χ4n) is 4.70. The van der Waals surface area contributed by atoms with E-state index in [1.807, 2.05) is 13.0 Å². The van der Waals surface area contributed by atoms with Crippen molar-refractivity contribution in [2.24, 2.45) is 5.73 Å². The molecule has 0 spiro atoms. The first-order valence-electron chi connectivity index (χ1n) is 12.3. The Morgan fingerprint density at radius 3 is 2.47 bits per heavy atom. The number of carbonyl (C=O) groups excluding carboxylic acids is 1. The number of anilines is 2. The Kier molecular flexibility index (Phi) is 7.20. The maximum atomic E-state index is 11.8. The number of likely N-dealkylation sites (N-methyl/N-ethyl adjacent to an activating group) is 1. The highest BCUT2D eigenvalue weighted by molar-refractivity contribution is 8.00. The third-order valence-corrected chi connectivity index (χ3v) is 7.85. The lowest BCUT2D eigenvalue weighted by Crippen LogP contribution is -2.44. The summed E-state index contributed by atoms with van der Waals surface area (Å²) < 4.78 is 8.10. The highest BCUT2D eigenvalue weighted by Gasteiger charge is 2.21. The van der Waals surface area contributed by atoms with Crippen LogP contribution in [0.2, 0.25) is 0 Å². The van der Waals surface area contributed by atoms with Crippen LogP contribution in [0.3, 0.4) is 0 Å². The first kappa shape index (κ1) is 24.3. The molecule has 0 aliphatic carbocycles. The summed E-state index contributed by atoms with van der Waals surface area (Å²) in [5, 5.41) is 0.921. The second kappa shape index (κ2) is 10.7. The number of primary amides is 1. The second-order valence-corrected chi connectivity index (χ2v) is 10.4. The topological polar surface area (TPSA) is 66.0 Å². The number of hydrogen-bond acceptors (Lipinski definition) is 6. The second-order valence-electron chi connectivity index (χ2n) is 9.29. The average Bonchev–Trinajstić information content (AvgIpc) is 3.24. The van der Waals surface area contributed by atoms with Gasteiger partial charge in [0.2, 0.25) is 0 Å². The van der Waals surface area contributed by atoms with Crippen LogP contribution in [0.25, 0.3) is 11.0 Å². The molecule has 0 saturated carbocycles. The monoisotopic (exact) mass is 500 g/mol. The van der Waals surface area contributed by atoms with Gasteiger partial charge in [0.1, 0.15) is 5.58 Å². The van der Waals surface area contributed by atoms with Crippen LogP contribution in [-0.4, -0.2) is 50.6 Å². The van der Waals surface area contributed by atoms with E-state index < -0.39 is 5.91 Å². The van der Waals surface area contributed by atoms with Crippen LogP contribution in [0, 0.1) is 6.92 Å². The molecule has 0 unspecified atom stereocenters. The Balaban J connectivity index is 1.48. The van der Waals surface area contributed by atoms with E-state index in [9.17, 15) is 4.79 Å². The van der Waals surface area contributed by atoms with Crippen molar-refractivity contribution in [2.45, 2.75) is 18.2 Å². The van der Waals surface area contributed by atoms with Gasteiger partial charge in [-0.3, -0.25) is 4.79 Å². The molecule has 7 heteroatoms. The molecular formula is C29H32N4O2S. The van der Waals surface area contributed by atoms with E-state index >= 15 is 0 Å². The van der Waals surface area contributed by atoms with Crippen LogP contribution in [0.15, 0.2) is 82.1 Å². The van der Waals surface area contributed by atoms with Gasteiger partial charge in [0, 0.05) is 48.6 Å². The Morgan fingerprint density at radius 1 is 1.00 bits per heavy atom. The molecule has 1 saturated heterocycles. The Labute approximate surface area is 216 Å². The normalized spacial score (nSPS) is 14.3.